The molecule has 2 heterocycles. The van der Waals surface area contributed by atoms with Crippen LogP contribution in [0, 0.1) is 0 Å². The maximum Gasteiger partial charge on any atom is 0.266 e. The van der Waals surface area contributed by atoms with Crippen LogP contribution in [-0.2, 0) is 9.59 Å². The number of methoxy groups -OCH3 is 1. The van der Waals surface area contributed by atoms with E-state index >= 15 is 0 Å². The number of aliphatic hydroxyl groups is 1. The summed E-state index contributed by atoms with van der Waals surface area (Å²) in [6.07, 6.45) is 5.61. The van der Waals surface area contributed by atoms with E-state index in [0.29, 0.717) is 21.4 Å². The number of thioether (sulfide) groups is 1. The number of nitrogens with zero attached hydrogens (tertiary/aromatic N) is 2. The lowest BCUT2D eigenvalue weighted by Gasteiger charge is -2.36. The minimum absolute atomic E-state index is 0.0194. The average molecular weight is 435 g/mol. The summed E-state index contributed by atoms with van der Waals surface area (Å²) in [6.45, 7) is 1.07. The van der Waals surface area contributed by atoms with Gasteiger partial charge in [0, 0.05) is 37.7 Å². The van der Waals surface area contributed by atoms with Crippen molar-refractivity contribution in [2.75, 3.05) is 26.8 Å². The Hall–Kier alpha value is -1.90. The van der Waals surface area contributed by atoms with E-state index < -0.39 is 0 Å². The van der Waals surface area contributed by atoms with Crippen LogP contribution >= 0.6 is 24.0 Å². The van der Waals surface area contributed by atoms with Gasteiger partial charge in [0.1, 0.15) is 10.1 Å². The van der Waals surface area contributed by atoms with Crippen molar-refractivity contribution in [2.24, 2.45) is 0 Å². The number of hydrogen-bond donors (Lipinski definition) is 1. The second-order valence-corrected chi connectivity index (χ2v) is 8.75. The molecule has 1 aromatic carbocycles. The maximum atomic E-state index is 12.8. The third kappa shape index (κ3) is 5.18. The van der Waals surface area contributed by atoms with E-state index in [4.69, 9.17) is 17.0 Å². The van der Waals surface area contributed by atoms with Crippen molar-refractivity contribution >= 4 is 46.2 Å². The standard InChI is InChI=1S/C21H26N2O4S2/c1-27-17-8-3-2-6-15(17)14-18-20(26)23(21(28)29-18)12-9-19(25)22-11-5-4-7-16(22)10-13-24/h2-3,6,8,14,16,24H,4-5,7,9-13H2,1H3. The molecule has 156 valence electrons. The number of thiocarbonyl (C=S) groups is 1. The van der Waals surface area contributed by atoms with Crippen molar-refractivity contribution in [1.29, 1.82) is 0 Å². The fraction of sp³-hybridized carbons (Fsp3) is 0.476. The van der Waals surface area contributed by atoms with Gasteiger partial charge >= 0.3 is 0 Å². The zero-order valence-corrected chi connectivity index (χ0v) is 18.1. The number of aliphatic hydroxyl groups excluding tert-OH is 1. The molecular weight excluding hydrogens is 408 g/mol. The van der Waals surface area contributed by atoms with Crippen LogP contribution in [0.4, 0.5) is 0 Å². The highest BCUT2D eigenvalue weighted by Crippen LogP contribution is 2.34. The Morgan fingerprint density at radius 2 is 2.17 bits per heavy atom. The summed E-state index contributed by atoms with van der Waals surface area (Å²) in [7, 11) is 1.59. The molecule has 2 amide bonds. The molecule has 1 N–H and O–H groups in total. The van der Waals surface area contributed by atoms with Crippen LogP contribution in [0.3, 0.4) is 0 Å². The first-order valence-corrected chi connectivity index (χ1v) is 11.1. The quantitative estimate of drug-likeness (QED) is 0.525. The van der Waals surface area contributed by atoms with Crippen molar-refractivity contribution in [3.63, 3.8) is 0 Å². The Labute approximate surface area is 180 Å². The molecular formula is C21H26N2O4S2. The number of hydrogen-bond acceptors (Lipinski definition) is 6. The largest absolute Gasteiger partial charge is 0.496 e. The van der Waals surface area contributed by atoms with E-state index in [1.165, 1.54) is 16.7 Å². The third-order valence-corrected chi connectivity index (χ3v) is 6.64. The molecule has 2 aliphatic heterocycles. The predicted octanol–water partition coefficient (Wildman–Crippen LogP) is 3.05. The predicted molar refractivity (Wildman–Crippen MR) is 119 cm³/mol. The molecule has 0 saturated carbocycles. The van der Waals surface area contributed by atoms with Crippen molar-refractivity contribution < 1.29 is 19.4 Å². The molecule has 0 aliphatic carbocycles. The molecule has 1 unspecified atom stereocenters. The first kappa shape index (κ1) is 21.8. The molecule has 2 saturated heterocycles. The number of likely N-dealkylation sites (tertiary alicyclic amines) is 1. The number of amides is 2. The summed E-state index contributed by atoms with van der Waals surface area (Å²) in [4.78, 5) is 29.5. The minimum atomic E-state index is -0.177. The Morgan fingerprint density at radius 1 is 1.38 bits per heavy atom. The van der Waals surface area contributed by atoms with E-state index in [0.717, 1.165) is 31.4 Å². The van der Waals surface area contributed by atoms with Crippen LogP contribution in [0.2, 0.25) is 0 Å². The number of ether oxygens (including phenoxy) is 1. The summed E-state index contributed by atoms with van der Waals surface area (Å²) >= 11 is 6.63. The number of piperidine rings is 1. The molecule has 8 heteroatoms. The molecule has 2 aliphatic rings. The van der Waals surface area contributed by atoms with Crippen LogP contribution in [0.5, 0.6) is 5.75 Å². The normalized spacial score (nSPS) is 21.2. The Bertz CT molecular complexity index is 810. The Morgan fingerprint density at radius 3 is 2.93 bits per heavy atom. The molecule has 0 bridgehead atoms. The molecule has 29 heavy (non-hydrogen) atoms. The van der Waals surface area contributed by atoms with E-state index in [2.05, 4.69) is 0 Å². The van der Waals surface area contributed by atoms with Crippen LogP contribution in [0.25, 0.3) is 6.08 Å². The lowest BCUT2D eigenvalue weighted by molar-refractivity contribution is -0.135. The number of carbonyl (C=O) groups excluding carboxylic acids is 2. The smallest absolute Gasteiger partial charge is 0.266 e. The summed E-state index contributed by atoms with van der Waals surface area (Å²) in [5.74, 6) is 0.531. The van der Waals surface area contributed by atoms with E-state index in [1.54, 1.807) is 13.2 Å². The third-order valence-electron chi connectivity index (χ3n) is 5.26. The van der Waals surface area contributed by atoms with Gasteiger partial charge in [0.15, 0.2) is 0 Å². The summed E-state index contributed by atoms with van der Waals surface area (Å²) in [5.41, 5.74) is 0.812. The highest BCUT2D eigenvalue weighted by Gasteiger charge is 2.33. The average Bonchev–Trinajstić information content (AvgIpc) is 3.00. The van der Waals surface area contributed by atoms with Crippen molar-refractivity contribution in [3.8, 4) is 5.75 Å². The maximum absolute atomic E-state index is 12.8. The fourth-order valence-electron chi connectivity index (χ4n) is 3.75. The highest BCUT2D eigenvalue weighted by atomic mass is 32.2. The number of carbonyl (C=O) groups is 2. The van der Waals surface area contributed by atoms with Crippen LogP contribution in [0.15, 0.2) is 29.2 Å². The molecule has 3 rings (SSSR count). The van der Waals surface area contributed by atoms with Gasteiger partial charge in [-0.25, -0.2) is 0 Å². The van der Waals surface area contributed by atoms with Gasteiger partial charge in [-0.2, -0.15) is 0 Å². The van der Waals surface area contributed by atoms with Gasteiger partial charge in [0.05, 0.1) is 12.0 Å². The van der Waals surface area contributed by atoms with Crippen molar-refractivity contribution in [1.82, 2.24) is 9.80 Å². The van der Waals surface area contributed by atoms with Gasteiger partial charge in [-0.05, 0) is 37.8 Å². The van der Waals surface area contributed by atoms with Gasteiger partial charge < -0.3 is 14.7 Å². The monoisotopic (exact) mass is 434 g/mol. The van der Waals surface area contributed by atoms with E-state index in [9.17, 15) is 14.7 Å². The van der Waals surface area contributed by atoms with Gasteiger partial charge in [0.2, 0.25) is 5.91 Å². The summed E-state index contributed by atoms with van der Waals surface area (Å²) in [6, 6.07) is 7.57. The number of benzene rings is 1. The minimum Gasteiger partial charge on any atom is -0.496 e. The lowest BCUT2D eigenvalue weighted by atomic mass is 9.99. The summed E-state index contributed by atoms with van der Waals surface area (Å²) < 4.78 is 5.81. The fourth-order valence-corrected chi connectivity index (χ4v) is 5.05. The summed E-state index contributed by atoms with van der Waals surface area (Å²) in [5, 5.41) is 9.25. The molecule has 2 fully saturated rings. The first-order chi connectivity index (χ1) is 14.0. The van der Waals surface area contributed by atoms with Gasteiger partial charge in [0.25, 0.3) is 5.91 Å². The van der Waals surface area contributed by atoms with Gasteiger partial charge in [-0.3, -0.25) is 14.5 Å². The van der Waals surface area contributed by atoms with Crippen LogP contribution < -0.4 is 4.74 Å². The lowest BCUT2D eigenvalue weighted by Crippen LogP contribution is -2.45. The second-order valence-electron chi connectivity index (χ2n) is 7.07. The molecule has 0 spiro atoms. The van der Waals surface area contributed by atoms with Crippen molar-refractivity contribution in [2.45, 2.75) is 38.1 Å². The molecule has 0 aromatic heterocycles. The zero-order chi connectivity index (χ0) is 20.8. The second kappa shape index (κ2) is 10.2. The first-order valence-electron chi connectivity index (χ1n) is 9.84. The topological polar surface area (TPSA) is 70.1 Å². The van der Waals surface area contributed by atoms with Crippen LogP contribution in [-0.4, -0.2) is 63.9 Å². The highest BCUT2D eigenvalue weighted by molar-refractivity contribution is 8.26. The van der Waals surface area contributed by atoms with Gasteiger partial charge in [-0.1, -0.05) is 42.2 Å². The van der Waals surface area contributed by atoms with E-state index in [-0.39, 0.29) is 37.4 Å². The molecule has 0 radical (unpaired) electrons. The zero-order valence-electron chi connectivity index (χ0n) is 16.5. The molecule has 1 aromatic rings. The van der Waals surface area contributed by atoms with Gasteiger partial charge in [-0.15, -0.1) is 0 Å². The number of para-hydroxylation sites is 1. The van der Waals surface area contributed by atoms with Crippen molar-refractivity contribution in [3.05, 3.63) is 34.7 Å². The molecule has 1 atom stereocenters. The van der Waals surface area contributed by atoms with Crippen LogP contribution in [0.1, 0.15) is 37.7 Å². The van der Waals surface area contributed by atoms with E-state index in [1.807, 2.05) is 29.2 Å². The Kier molecular flexibility index (Phi) is 7.69. The SMILES string of the molecule is COc1ccccc1C=C1SC(=S)N(CCC(=O)N2CCCCC2CCO)C1=O. The molecule has 6 nitrogen and oxygen atoms in total. The Balaban J connectivity index is 1.64. The number of rotatable bonds is 7.